The number of likely N-dealkylation sites (tertiary alicyclic amines) is 1. The summed E-state index contributed by atoms with van der Waals surface area (Å²) >= 11 is 0. The summed E-state index contributed by atoms with van der Waals surface area (Å²) in [6, 6.07) is 11.4. The van der Waals surface area contributed by atoms with Crippen molar-refractivity contribution in [2.45, 2.75) is 12.8 Å². The van der Waals surface area contributed by atoms with Gasteiger partial charge in [-0.15, -0.1) is 0 Å². The predicted octanol–water partition coefficient (Wildman–Crippen LogP) is 1.64. The Kier molecular flexibility index (Phi) is 4.82. The van der Waals surface area contributed by atoms with Gasteiger partial charge >= 0.3 is 0 Å². The van der Waals surface area contributed by atoms with Gasteiger partial charge in [-0.1, -0.05) is 24.3 Å². The van der Waals surface area contributed by atoms with Crippen molar-refractivity contribution in [2.75, 3.05) is 25.9 Å². The van der Waals surface area contributed by atoms with Crippen LogP contribution in [-0.4, -0.2) is 50.1 Å². The molecule has 1 aliphatic rings. The average molecular weight is 347 g/mol. The first-order valence-corrected chi connectivity index (χ1v) is 9.91. The molecule has 1 amide bonds. The molecule has 1 saturated heterocycles. The second kappa shape index (κ2) is 6.86. The Morgan fingerprint density at radius 1 is 1.29 bits per heavy atom. The first-order valence-electron chi connectivity index (χ1n) is 8.02. The standard InChI is InChI=1S/C17H21N3O3S/c1-24(22,23)18-11-13-5-4-10-20(12-13)17(21)16-9-8-14-6-2-3-7-15(14)19-16/h2-3,6-9,13,18H,4-5,10-12H2,1H3/t13-/m1/s1. The Hall–Kier alpha value is -1.99. The van der Waals surface area contributed by atoms with Crippen molar-refractivity contribution in [1.29, 1.82) is 0 Å². The number of rotatable bonds is 4. The molecular formula is C17H21N3O3S. The molecule has 0 aliphatic carbocycles. The highest BCUT2D eigenvalue weighted by atomic mass is 32.2. The first-order chi connectivity index (χ1) is 11.4. The van der Waals surface area contributed by atoms with Gasteiger partial charge in [0, 0.05) is 25.0 Å². The summed E-state index contributed by atoms with van der Waals surface area (Å²) in [7, 11) is -3.20. The van der Waals surface area contributed by atoms with Crippen molar-refractivity contribution in [1.82, 2.24) is 14.6 Å². The number of carbonyl (C=O) groups is 1. The van der Waals surface area contributed by atoms with E-state index in [1.165, 1.54) is 0 Å². The van der Waals surface area contributed by atoms with Gasteiger partial charge < -0.3 is 4.90 Å². The third kappa shape index (κ3) is 4.10. The number of carbonyl (C=O) groups excluding carboxylic acids is 1. The number of fused-ring (bicyclic) bond motifs is 1. The monoisotopic (exact) mass is 347 g/mol. The van der Waals surface area contributed by atoms with Gasteiger partial charge in [0.25, 0.3) is 5.91 Å². The third-order valence-electron chi connectivity index (χ3n) is 4.26. The van der Waals surface area contributed by atoms with Crippen molar-refractivity contribution < 1.29 is 13.2 Å². The van der Waals surface area contributed by atoms with E-state index in [4.69, 9.17) is 0 Å². The highest BCUT2D eigenvalue weighted by molar-refractivity contribution is 7.88. The van der Waals surface area contributed by atoms with Crippen LogP contribution in [0.5, 0.6) is 0 Å². The molecule has 24 heavy (non-hydrogen) atoms. The Morgan fingerprint density at radius 2 is 2.08 bits per heavy atom. The van der Waals surface area contributed by atoms with E-state index < -0.39 is 10.0 Å². The normalized spacial score (nSPS) is 18.7. The number of nitrogens with zero attached hydrogens (tertiary/aromatic N) is 2. The number of hydrogen-bond acceptors (Lipinski definition) is 4. The van der Waals surface area contributed by atoms with Crippen LogP contribution in [0.4, 0.5) is 0 Å². The Bertz CT molecular complexity index is 851. The van der Waals surface area contributed by atoms with Crippen LogP contribution in [0.1, 0.15) is 23.3 Å². The maximum absolute atomic E-state index is 12.7. The summed E-state index contributed by atoms with van der Waals surface area (Å²) in [5.41, 5.74) is 1.24. The highest BCUT2D eigenvalue weighted by Gasteiger charge is 2.25. The van der Waals surface area contributed by atoms with Gasteiger partial charge in [-0.3, -0.25) is 4.79 Å². The van der Waals surface area contributed by atoms with Crippen LogP contribution in [0, 0.1) is 5.92 Å². The van der Waals surface area contributed by atoms with E-state index in [0.717, 1.165) is 30.0 Å². The number of piperidine rings is 1. The minimum Gasteiger partial charge on any atom is -0.337 e. The molecule has 1 fully saturated rings. The number of aromatic nitrogens is 1. The molecule has 0 bridgehead atoms. The minimum atomic E-state index is -3.20. The molecule has 128 valence electrons. The van der Waals surface area contributed by atoms with Gasteiger partial charge in [0.15, 0.2) is 0 Å². The molecule has 1 atom stereocenters. The van der Waals surface area contributed by atoms with Gasteiger partial charge in [0.1, 0.15) is 5.69 Å². The third-order valence-corrected chi connectivity index (χ3v) is 4.95. The van der Waals surface area contributed by atoms with E-state index in [1.807, 2.05) is 30.3 Å². The highest BCUT2D eigenvalue weighted by Crippen LogP contribution is 2.19. The predicted molar refractivity (Wildman–Crippen MR) is 93.2 cm³/mol. The largest absolute Gasteiger partial charge is 0.337 e. The van der Waals surface area contributed by atoms with Crippen LogP contribution in [0.3, 0.4) is 0 Å². The molecular weight excluding hydrogens is 326 g/mol. The van der Waals surface area contributed by atoms with Crippen molar-refractivity contribution in [2.24, 2.45) is 5.92 Å². The zero-order valence-electron chi connectivity index (χ0n) is 13.6. The lowest BCUT2D eigenvalue weighted by atomic mass is 9.98. The topological polar surface area (TPSA) is 79.4 Å². The van der Waals surface area contributed by atoms with Crippen LogP contribution in [-0.2, 0) is 10.0 Å². The number of nitrogens with one attached hydrogen (secondary N) is 1. The summed E-state index contributed by atoms with van der Waals surface area (Å²) in [4.78, 5) is 18.9. The maximum atomic E-state index is 12.7. The van der Waals surface area contributed by atoms with E-state index in [0.29, 0.717) is 25.3 Å². The lowest BCUT2D eigenvalue weighted by molar-refractivity contribution is 0.0671. The summed E-state index contributed by atoms with van der Waals surface area (Å²) in [6.45, 7) is 1.60. The van der Waals surface area contributed by atoms with Gasteiger partial charge in [-0.25, -0.2) is 18.1 Å². The molecule has 0 saturated carbocycles. The van der Waals surface area contributed by atoms with Crippen LogP contribution in [0.25, 0.3) is 10.9 Å². The van der Waals surface area contributed by atoms with Crippen LogP contribution >= 0.6 is 0 Å². The van der Waals surface area contributed by atoms with Crippen LogP contribution in [0.15, 0.2) is 36.4 Å². The number of sulfonamides is 1. The molecule has 3 rings (SSSR count). The minimum absolute atomic E-state index is 0.0928. The van der Waals surface area contributed by atoms with Crippen LogP contribution in [0.2, 0.25) is 0 Å². The summed E-state index contributed by atoms with van der Waals surface area (Å²) in [5.74, 6) is 0.0442. The maximum Gasteiger partial charge on any atom is 0.272 e. The number of pyridine rings is 1. The number of hydrogen-bond donors (Lipinski definition) is 1. The second-order valence-corrected chi connectivity index (χ2v) is 8.10. The zero-order chi connectivity index (χ0) is 17.2. The summed E-state index contributed by atoms with van der Waals surface area (Å²) in [6.07, 6.45) is 2.94. The first kappa shape index (κ1) is 16.9. The van der Waals surface area contributed by atoms with Crippen molar-refractivity contribution >= 4 is 26.8 Å². The van der Waals surface area contributed by atoms with Gasteiger partial charge in [0.05, 0.1) is 11.8 Å². The van der Waals surface area contributed by atoms with Crippen molar-refractivity contribution in [3.63, 3.8) is 0 Å². The van der Waals surface area contributed by atoms with E-state index >= 15 is 0 Å². The number of benzene rings is 1. The Morgan fingerprint density at radius 3 is 2.88 bits per heavy atom. The second-order valence-electron chi connectivity index (χ2n) is 6.27. The molecule has 0 spiro atoms. The molecule has 2 aromatic rings. The molecule has 0 radical (unpaired) electrons. The molecule has 1 aromatic carbocycles. The molecule has 1 aliphatic heterocycles. The Labute approximate surface area is 141 Å². The van der Waals surface area contributed by atoms with E-state index in [1.54, 1.807) is 11.0 Å². The van der Waals surface area contributed by atoms with Gasteiger partial charge in [-0.2, -0.15) is 0 Å². The summed E-state index contributed by atoms with van der Waals surface area (Å²) < 4.78 is 25.0. The quantitative estimate of drug-likeness (QED) is 0.912. The van der Waals surface area contributed by atoms with Crippen LogP contribution < -0.4 is 4.72 Å². The van der Waals surface area contributed by atoms with Gasteiger partial charge in [-0.05, 0) is 30.9 Å². The molecule has 7 heteroatoms. The lowest BCUT2D eigenvalue weighted by Crippen LogP contribution is -2.43. The number of para-hydroxylation sites is 1. The smallest absolute Gasteiger partial charge is 0.272 e. The molecule has 1 N–H and O–H groups in total. The van der Waals surface area contributed by atoms with E-state index in [-0.39, 0.29) is 11.8 Å². The Balaban J connectivity index is 1.71. The lowest BCUT2D eigenvalue weighted by Gasteiger charge is -2.32. The fraction of sp³-hybridized carbons (Fsp3) is 0.412. The van der Waals surface area contributed by atoms with Crippen molar-refractivity contribution in [3.05, 3.63) is 42.1 Å². The number of amides is 1. The molecule has 1 aromatic heterocycles. The molecule has 6 nitrogen and oxygen atoms in total. The summed E-state index contributed by atoms with van der Waals surface area (Å²) in [5, 5.41) is 1.00. The fourth-order valence-corrected chi connectivity index (χ4v) is 3.57. The average Bonchev–Trinajstić information content (AvgIpc) is 2.58. The molecule has 2 heterocycles. The SMILES string of the molecule is CS(=O)(=O)NC[C@H]1CCCN(C(=O)c2ccc3ccccc3n2)C1. The van der Waals surface area contributed by atoms with Gasteiger partial charge in [0.2, 0.25) is 10.0 Å². The van der Waals surface area contributed by atoms with E-state index in [9.17, 15) is 13.2 Å². The fourth-order valence-electron chi connectivity index (χ4n) is 3.03. The molecule has 0 unspecified atom stereocenters. The van der Waals surface area contributed by atoms with Crippen molar-refractivity contribution in [3.8, 4) is 0 Å². The van der Waals surface area contributed by atoms with E-state index in [2.05, 4.69) is 9.71 Å². The zero-order valence-corrected chi connectivity index (χ0v) is 14.4.